The SMILES string of the molecule is NC(=C(C1=NC(c2ccccc2)=CC23C=CC(c4cccc(C5=CC(c6ccccc6)NC(c6cccc(-c7ccccc7)c6)=C5)c4)=CC2C13)c1ccccc1)c1ccccc1. The highest BCUT2D eigenvalue weighted by atomic mass is 14.9. The highest BCUT2D eigenvalue weighted by Gasteiger charge is 2.65. The Morgan fingerprint density at radius 1 is 0.516 bits per heavy atom. The molecule has 0 aromatic heterocycles. The van der Waals surface area contributed by atoms with Crippen molar-refractivity contribution < 1.29 is 0 Å². The molecule has 1 saturated carbocycles. The van der Waals surface area contributed by atoms with Crippen LogP contribution in [0.4, 0.5) is 0 Å². The summed E-state index contributed by atoms with van der Waals surface area (Å²) in [4.78, 5) is 5.53. The minimum Gasteiger partial charge on any atom is -0.398 e. The molecule has 3 nitrogen and oxygen atoms in total. The molecule has 2 aliphatic carbocycles. The molecule has 3 heteroatoms. The third kappa shape index (κ3) is 6.88. The molecular weight excluding hydrogens is 751 g/mol. The first kappa shape index (κ1) is 37.3. The maximum atomic E-state index is 7.22. The second-order valence-electron chi connectivity index (χ2n) is 16.6. The van der Waals surface area contributed by atoms with E-state index >= 15 is 0 Å². The Hall–Kier alpha value is -7.75. The highest BCUT2D eigenvalue weighted by Crippen LogP contribution is 2.68. The quantitative estimate of drug-likeness (QED) is 0.143. The molecule has 1 fully saturated rings. The minimum absolute atomic E-state index is 0.0111. The zero-order chi connectivity index (χ0) is 41.5. The molecule has 0 amide bonds. The number of fused-ring (bicyclic) bond motifs is 1. The third-order valence-electron chi connectivity index (χ3n) is 12.9. The van der Waals surface area contributed by atoms with Crippen LogP contribution in [0.1, 0.15) is 45.0 Å². The van der Waals surface area contributed by atoms with Crippen LogP contribution >= 0.6 is 0 Å². The predicted molar refractivity (Wildman–Crippen MR) is 259 cm³/mol. The maximum absolute atomic E-state index is 7.22. The van der Waals surface area contributed by atoms with Gasteiger partial charge in [0, 0.05) is 34.2 Å². The Kier molecular flexibility index (Phi) is 9.43. The zero-order valence-corrected chi connectivity index (χ0v) is 34.3. The lowest BCUT2D eigenvalue weighted by Crippen LogP contribution is -2.21. The second kappa shape index (κ2) is 15.7. The van der Waals surface area contributed by atoms with Crippen LogP contribution in [0.2, 0.25) is 0 Å². The highest BCUT2D eigenvalue weighted by molar-refractivity contribution is 6.34. The van der Waals surface area contributed by atoms with Gasteiger partial charge < -0.3 is 11.1 Å². The summed E-state index contributed by atoms with van der Waals surface area (Å²) in [6.07, 6.45) is 14.4. The van der Waals surface area contributed by atoms with Gasteiger partial charge in [-0.2, -0.15) is 0 Å². The van der Waals surface area contributed by atoms with Crippen LogP contribution in [0.5, 0.6) is 0 Å². The number of nitrogens with two attached hydrogens (primary N) is 1. The van der Waals surface area contributed by atoms with Gasteiger partial charge in [-0.15, -0.1) is 0 Å². The van der Waals surface area contributed by atoms with Gasteiger partial charge in [0.05, 0.1) is 17.5 Å². The molecule has 2 heterocycles. The van der Waals surface area contributed by atoms with Crippen molar-refractivity contribution in [2.45, 2.75) is 6.04 Å². The fraction of sp³-hybridized carbons (Fsp3) is 0.0678. The van der Waals surface area contributed by atoms with Gasteiger partial charge in [0.2, 0.25) is 0 Å². The first-order valence-corrected chi connectivity index (χ1v) is 21.5. The molecule has 1 spiro atoms. The summed E-state index contributed by atoms with van der Waals surface area (Å²) >= 11 is 0. The number of aliphatic imine (C=N–C) groups is 1. The van der Waals surface area contributed by atoms with Gasteiger partial charge >= 0.3 is 0 Å². The molecule has 296 valence electrons. The molecule has 4 unspecified atom stereocenters. The number of benzene rings is 7. The Bertz CT molecular complexity index is 3030. The fourth-order valence-electron chi connectivity index (χ4n) is 9.67. The topological polar surface area (TPSA) is 50.4 Å². The van der Waals surface area contributed by atoms with E-state index in [1.165, 1.54) is 39.0 Å². The number of dihydropyridines is 1. The van der Waals surface area contributed by atoms with Crippen LogP contribution in [0.25, 0.3) is 44.9 Å². The van der Waals surface area contributed by atoms with E-state index in [0.717, 1.165) is 50.6 Å². The van der Waals surface area contributed by atoms with Crippen molar-refractivity contribution in [1.29, 1.82) is 0 Å². The number of hydrogen-bond acceptors (Lipinski definition) is 3. The van der Waals surface area contributed by atoms with Gasteiger partial charge in [0.25, 0.3) is 0 Å². The van der Waals surface area contributed by atoms with Gasteiger partial charge in [-0.1, -0.05) is 206 Å². The third-order valence-corrected chi connectivity index (χ3v) is 12.9. The van der Waals surface area contributed by atoms with E-state index in [-0.39, 0.29) is 23.3 Å². The van der Waals surface area contributed by atoms with Gasteiger partial charge in [0.15, 0.2) is 0 Å². The largest absolute Gasteiger partial charge is 0.398 e. The zero-order valence-electron chi connectivity index (χ0n) is 34.3. The first-order chi connectivity index (χ1) is 30.6. The first-order valence-electron chi connectivity index (χ1n) is 21.5. The molecule has 3 N–H and O–H groups in total. The van der Waals surface area contributed by atoms with Crippen LogP contribution in [-0.2, 0) is 0 Å². The Morgan fingerprint density at radius 3 is 1.76 bits per heavy atom. The Morgan fingerprint density at radius 2 is 1.06 bits per heavy atom. The average Bonchev–Trinajstić information content (AvgIpc) is 4.04. The summed E-state index contributed by atoms with van der Waals surface area (Å²) in [5, 5.41) is 3.87. The van der Waals surface area contributed by atoms with Crippen molar-refractivity contribution in [2.75, 3.05) is 0 Å². The van der Waals surface area contributed by atoms with E-state index in [0.29, 0.717) is 0 Å². The molecule has 2 aliphatic heterocycles. The molecule has 0 radical (unpaired) electrons. The molecule has 7 aromatic carbocycles. The molecule has 4 atom stereocenters. The molecule has 11 rings (SSSR count). The van der Waals surface area contributed by atoms with Crippen LogP contribution < -0.4 is 11.1 Å². The number of allylic oxidation sites excluding steroid dienone is 8. The van der Waals surface area contributed by atoms with E-state index in [1.54, 1.807) is 0 Å². The minimum atomic E-state index is -0.202. The summed E-state index contributed by atoms with van der Waals surface area (Å²) in [6.45, 7) is 0. The Labute approximate surface area is 364 Å². The van der Waals surface area contributed by atoms with E-state index in [2.05, 4.69) is 236 Å². The monoisotopic (exact) mass is 795 g/mol. The predicted octanol–water partition coefficient (Wildman–Crippen LogP) is 13.3. The molecule has 4 aliphatic rings. The Balaban J connectivity index is 0.982. The van der Waals surface area contributed by atoms with Crippen LogP contribution in [0.3, 0.4) is 0 Å². The number of hydrogen-bond donors (Lipinski definition) is 2. The van der Waals surface area contributed by atoms with Crippen molar-refractivity contribution in [3.63, 3.8) is 0 Å². The fourth-order valence-corrected chi connectivity index (χ4v) is 9.67. The second-order valence-corrected chi connectivity index (χ2v) is 16.6. The van der Waals surface area contributed by atoms with Gasteiger partial charge in [-0.05, 0) is 91.6 Å². The summed E-state index contributed by atoms with van der Waals surface area (Å²) in [5.74, 6) is 0.359. The lowest BCUT2D eigenvalue weighted by atomic mass is 9.86. The van der Waals surface area contributed by atoms with Crippen LogP contribution in [0, 0.1) is 17.3 Å². The van der Waals surface area contributed by atoms with Crippen molar-refractivity contribution in [1.82, 2.24) is 5.32 Å². The molecule has 62 heavy (non-hydrogen) atoms. The number of nitrogens with one attached hydrogen (secondary N) is 1. The summed E-state index contributed by atoms with van der Waals surface area (Å²) in [6, 6.07) is 70.7. The average molecular weight is 796 g/mol. The summed E-state index contributed by atoms with van der Waals surface area (Å²) in [5.41, 5.74) is 24.6. The molecule has 0 bridgehead atoms. The molecule has 7 aromatic rings. The van der Waals surface area contributed by atoms with Gasteiger partial charge in [-0.3, -0.25) is 4.99 Å². The lowest BCUT2D eigenvalue weighted by molar-refractivity contribution is 0.766. The number of rotatable bonds is 9. The van der Waals surface area contributed by atoms with Crippen molar-refractivity contribution in [3.05, 3.63) is 276 Å². The van der Waals surface area contributed by atoms with E-state index < -0.39 is 0 Å². The lowest BCUT2D eigenvalue weighted by Gasteiger charge is -2.26. The van der Waals surface area contributed by atoms with E-state index in [1.807, 2.05) is 6.07 Å². The smallest absolute Gasteiger partial charge is 0.0707 e. The van der Waals surface area contributed by atoms with Crippen molar-refractivity contribution in [2.24, 2.45) is 28.0 Å². The van der Waals surface area contributed by atoms with Gasteiger partial charge in [-0.25, -0.2) is 0 Å². The van der Waals surface area contributed by atoms with E-state index in [4.69, 9.17) is 10.7 Å². The van der Waals surface area contributed by atoms with Gasteiger partial charge in [0.1, 0.15) is 0 Å². The molecular formula is C59H45N3. The summed E-state index contributed by atoms with van der Waals surface area (Å²) in [7, 11) is 0. The van der Waals surface area contributed by atoms with Crippen molar-refractivity contribution >= 4 is 39.5 Å². The van der Waals surface area contributed by atoms with Crippen LogP contribution in [0.15, 0.2) is 242 Å². The van der Waals surface area contributed by atoms with E-state index in [9.17, 15) is 0 Å². The normalized spacial score (nSPS) is 21.4. The summed E-state index contributed by atoms with van der Waals surface area (Å²) < 4.78 is 0. The maximum Gasteiger partial charge on any atom is 0.0707 e. The van der Waals surface area contributed by atoms with Crippen LogP contribution in [-0.4, -0.2) is 5.71 Å². The number of nitrogens with zero attached hydrogens (tertiary/aromatic N) is 1. The van der Waals surface area contributed by atoms with Crippen molar-refractivity contribution in [3.8, 4) is 11.1 Å². The standard InChI is InChI=1S/C59H45N3/c60-57(44-26-14-5-15-27-44)55(43-24-12-4-13-25-43)58-56-51-36-48(32-33-59(51,56)39-54(62-58)42-22-10-3-11-23-42)46-29-16-30-47(34-46)50-37-52(41-20-8-2-9-21-41)61-53(38-50)49-31-17-28-45(35-49)40-18-6-1-7-19-40/h1-39,51-52,56,61H,60H2. The molecule has 0 saturated heterocycles.